The average molecular weight is 274 g/mol. The Balaban J connectivity index is 1.54. The van der Waals surface area contributed by atoms with Gasteiger partial charge < -0.3 is 14.9 Å². The highest BCUT2D eigenvalue weighted by Gasteiger charge is 2.30. The molecule has 20 heavy (non-hydrogen) atoms. The van der Waals surface area contributed by atoms with E-state index in [-0.39, 0.29) is 11.9 Å². The summed E-state index contributed by atoms with van der Waals surface area (Å²) in [7, 11) is 0. The van der Waals surface area contributed by atoms with Gasteiger partial charge in [0, 0.05) is 25.7 Å². The molecule has 1 N–H and O–H groups in total. The van der Waals surface area contributed by atoms with Gasteiger partial charge >= 0.3 is 0 Å². The van der Waals surface area contributed by atoms with Crippen LogP contribution in [0.1, 0.15) is 24.8 Å². The highest BCUT2D eigenvalue weighted by Crippen LogP contribution is 2.17. The molecule has 0 saturated carbocycles. The molecule has 2 aliphatic heterocycles. The summed E-state index contributed by atoms with van der Waals surface area (Å²) in [5.74, 6) is -0.0772. The summed E-state index contributed by atoms with van der Waals surface area (Å²) < 4.78 is 5.28. The van der Waals surface area contributed by atoms with Gasteiger partial charge in [0.15, 0.2) is 0 Å². The van der Waals surface area contributed by atoms with E-state index in [2.05, 4.69) is 10.5 Å². The lowest BCUT2D eigenvalue weighted by atomic mass is 10.0. The minimum atomic E-state index is -0.506. The molecule has 0 unspecified atom stereocenters. The Kier molecular flexibility index (Phi) is 3.97. The molecule has 0 radical (unpaired) electrons. The molecule has 0 spiro atoms. The van der Waals surface area contributed by atoms with E-state index in [1.807, 2.05) is 30.3 Å². The predicted molar refractivity (Wildman–Crippen MR) is 74.5 cm³/mol. The van der Waals surface area contributed by atoms with Crippen molar-refractivity contribution < 1.29 is 14.4 Å². The summed E-state index contributed by atoms with van der Waals surface area (Å²) in [6.45, 7) is 1.42. The molecule has 1 amide bonds. The van der Waals surface area contributed by atoms with E-state index in [9.17, 15) is 4.79 Å². The highest BCUT2D eigenvalue weighted by atomic mass is 16.6. The Morgan fingerprint density at radius 1 is 1.20 bits per heavy atom. The number of carbonyl (C=O) groups is 1. The monoisotopic (exact) mass is 274 g/mol. The van der Waals surface area contributed by atoms with Crippen molar-refractivity contribution in [1.29, 1.82) is 0 Å². The summed E-state index contributed by atoms with van der Waals surface area (Å²) in [5, 5.41) is 7.05. The standard InChI is InChI=1S/C15H18N2O3/c18-15(16-12-6-8-19-9-7-12)14-10-13(17-20-14)11-4-2-1-3-5-11/h1-5,12,14H,6-10H2,(H,16,18)/t14-/m0/s1. The van der Waals surface area contributed by atoms with E-state index < -0.39 is 6.10 Å². The number of hydrogen-bond acceptors (Lipinski definition) is 4. The SMILES string of the molecule is O=C(NC1CCOCC1)[C@@H]1CC(c2ccccc2)=NO1. The van der Waals surface area contributed by atoms with Crippen molar-refractivity contribution in [3.05, 3.63) is 35.9 Å². The molecule has 1 saturated heterocycles. The van der Waals surface area contributed by atoms with Crippen molar-refractivity contribution in [3.8, 4) is 0 Å². The summed E-state index contributed by atoms with van der Waals surface area (Å²) >= 11 is 0. The number of nitrogens with zero attached hydrogens (tertiary/aromatic N) is 1. The molecule has 106 valence electrons. The first kappa shape index (κ1) is 13.1. The molecule has 3 rings (SSSR count). The van der Waals surface area contributed by atoms with Crippen molar-refractivity contribution in [2.24, 2.45) is 5.16 Å². The van der Waals surface area contributed by atoms with Gasteiger partial charge in [-0.3, -0.25) is 4.79 Å². The van der Waals surface area contributed by atoms with Gasteiger partial charge in [-0.1, -0.05) is 35.5 Å². The number of oxime groups is 1. The Morgan fingerprint density at radius 2 is 1.95 bits per heavy atom. The summed E-state index contributed by atoms with van der Waals surface area (Å²) in [6, 6.07) is 10.00. The zero-order valence-electron chi connectivity index (χ0n) is 11.2. The van der Waals surface area contributed by atoms with E-state index >= 15 is 0 Å². The van der Waals surface area contributed by atoms with E-state index in [1.54, 1.807) is 0 Å². The largest absolute Gasteiger partial charge is 0.382 e. The zero-order chi connectivity index (χ0) is 13.8. The average Bonchev–Trinajstić information content (AvgIpc) is 2.99. The Hall–Kier alpha value is -1.88. The minimum Gasteiger partial charge on any atom is -0.382 e. The molecule has 2 aliphatic rings. The van der Waals surface area contributed by atoms with Crippen LogP contribution >= 0.6 is 0 Å². The third kappa shape index (κ3) is 2.99. The van der Waals surface area contributed by atoms with Crippen LogP contribution in [0.15, 0.2) is 35.5 Å². The van der Waals surface area contributed by atoms with Crippen LogP contribution in [0.2, 0.25) is 0 Å². The van der Waals surface area contributed by atoms with Gasteiger partial charge in [-0.15, -0.1) is 0 Å². The quantitative estimate of drug-likeness (QED) is 0.908. The van der Waals surface area contributed by atoms with Crippen molar-refractivity contribution in [2.75, 3.05) is 13.2 Å². The van der Waals surface area contributed by atoms with Crippen LogP contribution in [-0.4, -0.2) is 37.0 Å². The molecule has 5 heteroatoms. The molecule has 5 nitrogen and oxygen atoms in total. The first-order valence-corrected chi connectivity index (χ1v) is 6.99. The fourth-order valence-electron chi connectivity index (χ4n) is 2.46. The van der Waals surface area contributed by atoms with Crippen LogP contribution in [0.25, 0.3) is 0 Å². The van der Waals surface area contributed by atoms with Gasteiger partial charge in [-0.05, 0) is 18.4 Å². The maximum Gasteiger partial charge on any atom is 0.264 e. The van der Waals surface area contributed by atoms with Gasteiger partial charge in [0.25, 0.3) is 5.91 Å². The van der Waals surface area contributed by atoms with Gasteiger partial charge in [0.1, 0.15) is 0 Å². The predicted octanol–water partition coefficient (Wildman–Crippen LogP) is 1.47. The van der Waals surface area contributed by atoms with E-state index in [4.69, 9.17) is 9.57 Å². The first-order chi connectivity index (χ1) is 9.83. The number of nitrogens with one attached hydrogen (secondary N) is 1. The highest BCUT2D eigenvalue weighted by molar-refractivity contribution is 6.04. The van der Waals surface area contributed by atoms with Crippen LogP contribution in [0.4, 0.5) is 0 Å². The number of hydrogen-bond donors (Lipinski definition) is 1. The van der Waals surface area contributed by atoms with E-state index in [0.29, 0.717) is 19.6 Å². The maximum absolute atomic E-state index is 12.1. The van der Waals surface area contributed by atoms with Gasteiger partial charge in [0.2, 0.25) is 6.10 Å². The lowest BCUT2D eigenvalue weighted by Crippen LogP contribution is -2.44. The van der Waals surface area contributed by atoms with Gasteiger partial charge in [-0.2, -0.15) is 0 Å². The Bertz CT molecular complexity index is 495. The number of ether oxygens (including phenoxy) is 1. The molecule has 0 aliphatic carbocycles. The number of benzene rings is 1. The normalized spacial score (nSPS) is 23.0. The molecule has 0 bridgehead atoms. The van der Waals surface area contributed by atoms with Gasteiger partial charge in [-0.25, -0.2) is 0 Å². The van der Waals surface area contributed by atoms with E-state index in [0.717, 1.165) is 24.1 Å². The second-order valence-corrected chi connectivity index (χ2v) is 5.10. The van der Waals surface area contributed by atoms with Crippen molar-refractivity contribution in [2.45, 2.75) is 31.4 Å². The lowest BCUT2D eigenvalue weighted by molar-refractivity contribution is -0.132. The number of carbonyl (C=O) groups excluding carboxylic acids is 1. The van der Waals surface area contributed by atoms with Crippen molar-refractivity contribution >= 4 is 11.6 Å². The first-order valence-electron chi connectivity index (χ1n) is 6.99. The smallest absolute Gasteiger partial charge is 0.264 e. The van der Waals surface area contributed by atoms with E-state index in [1.165, 1.54) is 0 Å². The summed E-state index contributed by atoms with van der Waals surface area (Å²) in [6.07, 6.45) is 1.75. The van der Waals surface area contributed by atoms with Crippen LogP contribution in [0.3, 0.4) is 0 Å². The second kappa shape index (κ2) is 6.05. The number of rotatable bonds is 3. The third-order valence-electron chi connectivity index (χ3n) is 3.64. The van der Waals surface area contributed by atoms with Crippen LogP contribution in [0, 0.1) is 0 Å². The van der Waals surface area contributed by atoms with Gasteiger partial charge in [0.05, 0.1) is 5.71 Å². The van der Waals surface area contributed by atoms with Crippen LogP contribution in [-0.2, 0) is 14.4 Å². The van der Waals surface area contributed by atoms with Crippen LogP contribution < -0.4 is 5.32 Å². The molecule has 2 heterocycles. The molecule has 0 aromatic heterocycles. The molecule has 1 fully saturated rings. The second-order valence-electron chi connectivity index (χ2n) is 5.10. The molecule has 1 atom stereocenters. The third-order valence-corrected chi connectivity index (χ3v) is 3.64. The molecular weight excluding hydrogens is 256 g/mol. The van der Waals surface area contributed by atoms with Crippen molar-refractivity contribution in [3.63, 3.8) is 0 Å². The molecule has 1 aromatic rings. The molecule has 1 aromatic carbocycles. The van der Waals surface area contributed by atoms with Crippen LogP contribution in [0.5, 0.6) is 0 Å². The topological polar surface area (TPSA) is 59.9 Å². The Labute approximate surface area is 117 Å². The van der Waals surface area contributed by atoms with Crippen molar-refractivity contribution in [1.82, 2.24) is 5.32 Å². The minimum absolute atomic E-state index is 0.0772. The Morgan fingerprint density at radius 3 is 2.70 bits per heavy atom. The summed E-state index contributed by atoms with van der Waals surface area (Å²) in [4.78, 5) is 17.4. The molecular formula is C15H18N2O3. The summed E-state index contributed by atoms with van der Waals surface area (Å²) in [5.41, 5.74) is 1.84. The lowest BCUT2D eigenvalue weighted by Gasteiger charge is -2.23. The zero-order valence-corrected chi connectivity index (χ0v) is 11.2. The maximum atomic E-state index is 12.1. The fraction of sp³-hybridized carbons (Fsp3) is 0.467. The fourth-order valence-corrected chi connectivity index (χ4v) is 2.46. The number of amides is 1.